The summed E-state index contributed by atoms with van der Waals surface area (Å²) in [5, 5.41) is 12.2. The summed E-state index contributed by atoms with van der Waals surface area (Å²) in [4.78, 5) is 42.0. The molecule has 6 rings (SSSR count). The number of alkyl halides is 3. The average Bonchev–Trinajstić information content (AvgIpc) is 3.02. The third kappa shape index (κ3) is 6.55. The molecule has 4 heterocycles. The lowest BCUT2D eigenvalue weighted by Gasteiger charge is -2.38. The predicted molar refractivity (Wildman–Crippen MR) is 169 cm³/mol. The molecule has 0 unspecified atom stereocenters. The lowest BCUT2D eigenvalue weighted by atomic mass is 9.89. The molecule has 1 aromatic heterocycles. The number of ether oxygens (including phenoxy) is 2. The van der Waals surface area contributed by atoms with E-state index in [4.69, 9.17) is 9.47 Å². The Morgan fingerprint density at radius 1 is 1.06 bits per heavy atom. The SMILES string of the molecule is Cc1cc(N2CCC2)c(-c2ccc(C[C@H](NC(=O)c3c(F)cc(N4CCOC[C@@H]4C(F)(F)F)cc3F)C(=O)O)c3c2OCCC3)c(=O)n1C. The van der Waals surface area contributed by atoms with E-state index in [2.05, 4.69) is 10.2 Å². The lowest BCUT2D eigenvalue weighted by molar-refractivity contribution is -0.167. The van der Waals surface area contributed by atoms with Crippen molar-refractivity contribution >= 4 is 23.3 Å². The molecule has 1 amide bonds. The fourth-order valence-corrected chi connectivity index (χ4v) is 6.56. The second kappa shape index (κ2) is 13.3. The summed E-state index contributed by atoms with van der Waals surface area (Å²) in [5.74, 6) is -5.31. The summed E-state index contributed by atoms with van der Waals surface area (Å²) in [7, 11) is 1.68. The highest BCUT2D eigenvalue weighted by Crippen LogP contribution is 2.42. The number of anilines is 2. The maximum absolute atomic E-state index is 15.2. The third-order valence-electron chi connectivity index (χ3n) is 9.41. The first-order valence-electron chi connectivity index (χ1n) is 15.9. The number of rotatable bonds is 8. The summed E-state index contributed by atoms with van der Waals surface area (Å²) >= 11 is 0. The molecule has 3 aliphatic heterocycles. The number of aliphatic carboxylic acids is 1. The maximum Gasteiger partial charge on any atom is 0.411 e. The van der Waals surface area contributed by atoms with E-state index < -0.39 is 59.6 Å². The molecule has 49 heavy (non-hydrogen) atoms. The quantitative estimate of drug-likeness (QED) is 0.336. The van der Waals surface area contributed by atoms with Gasteiger partial charge in [0.05, 0.1) is 31.1 Å². The molecule has 3 aliphatic rings. The largest absolute Gasteiger partial charge is 0.493 e. The van der Waals surface area contributed by atoms with Gasteiger partial charge in [-0.15, -0.1) is 0 Å². The summed E-state index contributed by atoms with van der Waals surface area (Å²) < 4.78 is 83.7. The fourth-order valence-electron chi connectivity index (χ4n) is 6.56. The number of hydrogen-bond acceptors (Lipinski definition) is 7. The van der Waals surface area contributed by atoms with Crippen LogP contribution in [0.25, 0.3) is 11.1 Å². The molecule has 0 spiro atoms. The zero-order valence-corrected chi connectivity index (χ0v) is 26.8. The van der Waals surface area contributed by atoms with Gasteiger partial charge in [-0.2, -0.15) is 13.2 Å². The molecule has 0 bridgehead atoms. The van der Waals surface area contributed by atoms with E-state index in [0.717, 1.165) is 35.8 Å². The molecular weight excluding hydrogens is 655 g/mol. The normalized spacial score (nSPS) is 18.3. The van der Waals surface area contributed by atoms with Crippen LogP contribution in [0, 0.1) is 18.6 Å². The van der Waals surface area contributed by atoms with Gasteiger partial charge in [0.2, 0.25) is 0 Å². The second-order valence-electron chi connectivity index (χ2n) is 12.5. The summed E-state index contributed by atoms with van der Waals surface area (Å²) in [5.41, 5.74) is 2.00. The van der Waals surface area contributed by atoms with Crippen molar-refractivity contribution in [2.24, 2.45) is 7.05 Å². The second-order valence-corrected chi connectivity index (χ2v) is 12.5. The fraction of sp³-hybridized carbons (Fsp3) is 0.441. The van der Waals surface area contributed by atoms with Crippen molar-refractivity contribution in [3.05, 3.63) is 74.7 Å². The highest BCUT2D eigenvalue weighted by atomic mass is 19.4. The number of aryl methyl sites for hydroxylation is 1. The van der Waals surface area contributed by atoms with Crippen molar-refractivity contribution in [1.29, 1.82) is 0 Å². The van der Waals surface area contributed by atoms with Gasteiger partial charge in [0.25, 0.3) is 11.5 Å². The Kier molecular flexibility index (Phi) is 9.31. The van der Waals surface area contributed by atoms with Gasteiger partial charge in [-0.3, -0.25) is 9.59 Å². The van der Waals surface area contributed by atoms with Gasteiger partial charge in [-0.25, -0.2) is 13.6 Å². The van der Waals surface area contributed by atoms with Crippen LogP contribution in [0.1, 0.15) is 40.0 Å². The number of carbonyl (C=O) groups excluding carboxylic acids is 1. The van der Waals surface area contributed by atoms with E-state index in [1.807, 2.05) is 13.0 Å². The number of nitrogens with zero attached hydrogens (tertiary/aromatic N) is 3. The standard InChI is InChI=1S/C34H35F5N4O6/c1-18-13-26(42-8-4-9-42)28(32(45)41(18)2)22-7-6-19(21-5-3-11-49-30(21)22)14-25(33(46)47)40-31(44)29-23(35)15-20(16-24(29)36)43-10-12-48-17-27(43)34(37,38)39/h6-7,13,15-16,25,27H,3-5,8-12,14,17H2,1-2H3,(H,40,44)(H,46,47)/t25-,27+/m0/s1. The number of pyridine rings is 1. The molecule has 2 N–H and O–H groups in total. The van der Waals surface area contributed by atoms with Crippen molar-refractivity contribution < 1.29 is 46.1 Å². The van der Waals surface area contributed by atoms with Crippen molar-refractivity contribution in [1.82, 2.24) is 9.88 Å². The Labute approximate surface area is 278 Å². The van der Waals surface area contributed by atoms with E-state index in [1.54, 1.807) is 23.7 Å². The van der Waals surface area contributed by atoms with Crippen molar-refractivity contribution in [2.75, 3.05) is 49.3 Å². The van der Waals surface area contributed by atoms with Crippen molar-refractivity contribution in [2.45, 2.75) is 50.9 Å². The van der Waals surface area contributed by atoms with E-state index in [0.29, 0.717) is 59.6 Å². The maximum atomic E-state index is 15.2. The highest BCUT2D eigenvalue weighted by Gasteiger charge is 2.46. The Morgan fingerprint density at radius 3 is 2.41 bits per heavy atom. The molecule has 15 heteroatoms. The number of benzene rings is 2. The number of morpholine rings is 1. The summed E-state index contributed by atoms with van der Waals surface area (Å²) in [6.07, 6.45) is -2.92. The zero-order chi connectivity index (χ0) is 35.2. The van der Waals surface area contributed by atoms with Gasteiger partial charge in [-0.05, 0) is 55.5 Å². The number of hydrogen-bond donors (Lipinski definition) is 2. The number of amides is 1. The van der Waals surface area contributed by atoms with Crippen LogP contribution in [0.2, 0.25) is 0 Å². The average molecular weight is 691 g/mol. The van der Waals surface area contributed by atoms with Crippen LogP contribution >= 0.6 is 0 Å². The van der Waals surface area contributed by atoms with Crippen LogP contribution in [0.5, 0.6) is 5.75 Å². The minimum absolute atomic E-state index is 0.102. The Morgan fingerprint density at radius 2 is 1.78 bits per heavy atom. The van der Waals surface area contributed by atoms with Gasteiger partial charge in [0.15, 0.2) is 0 Å². The van der Waals surface area contributed by atoms with Crippen LogP contribution in [-0.4, -0.2) is 79.3 Å². The van der Waals surface area contributed by atoms with Crippen LogP contribution in [0.3, 0.4) is 0 Å². The van der Waals surface area contributed by atoms with Gasteiger partial charge < -0.3 is 34.3 Å². The first-order chi connectivity index (χ1) is 23.3. The number of nitrogens with one attached hydrogen (secondary N) is 1. The predicted octanol–water partition coefficient (Wildman–Crippen LogP) is 4.37. The van der Waals surface area contributed by atoms with Crippen LogP contribution in [0.4, 0.5) is 33.3 Å². The lowest BCUT2D eigenvalue weighted by Crippen LogP contribution is -2.53. The molecule has 0 saturated carbocycles. The minimum Gasteiger partial charge on any atom is -0.493 e. The molecule has 0 radical (unpaired) electrons. The van der Waals surface area contributed by atoms with Gasteiger partial charge in [-0.1, -0.05) is 12.1 Å². The van der Waals surface area contributed by atoms with E-state index >= 15 is 8.78 Å². The number of carboxylic acid groups (broad SMARTS) is 1. The number of fused-ring (bicyclic) bond motifs is 1. The van der Waals surface area contributed by atoms with Crippen molar-refractivity contribution in [3.63, 3.8) is 0 Å². The first-order valence-corrected chi connectivity index (χ1v) is 15.9. The zero-order valence-electron chi connectivity index (χ0n) is 26.8. The number of aromatic nitrogens is 1. The van der Waals surface area contributed by atoms with Crippen LogP contribution in [0.15, 0.2) is 35.1 Å². The molecule has 3 aromatic rings. The summed E-state index contributed by atoms with van der Waals surface area (Å²) in [6.45, 7) is 2.69. The Balaban J connectivity index is 1.29. The first kappa shape index (κ1) is 34.2. The topological polar surface area (TPSA) is 113 Å². The number of halogens is 5. The molecular formula is C34H35F5N4O6. The van der Waals surface area contributed by atoms with E-state index in [9.17, 15) is 32.7 Å². The van der Waals surface area contributed by atoms with Crippen LogP contribution in [-0.2, 0) is 29.4 Å². The molecule has 2 fully saturated rings. The Hall–Kier alpha value is -4.66. The van der Waals surface area contributed by atoms with E-state index in [1.165, 1.54) is 0 Å². The third-order valence-corrected chi connectivity index (χ3v) is 9.41. The molecule has 10 nitrogen and oxygen atoms in total. The summed E-state index contributed by atoms with van der Waals surface area (Å²) in [6, 6.07) is 2.76. The molecule has 262 valence electrons. The van der Waals surface area contributed by atoms with Gasteiger partial charge in [0, 0.05) is 50.0 Å². The van der Waals surface area contributed by atoms with Crippen LogP contribution < -0.4 is 25.4 Å². The molecule has 0 aliphatic carbocycles. The minimum atomic E-state index is -4.74. The number of carbonyl (C=O) groups is 2. The molecule has 2 atom stereocenters. The molecule has 2 aromatic carbocycles. The van der Waals surface area contributed by atoms with E-state index in [-0.39, 0.29) is 25.1 Å². The highest BCUT2D eigenvalue weighted by molar-refractivity contribution is 5.97. The molecule has 2 saturated heterocycles. The van der Waals surface area contributed by atoms with Gasteiger partial charge in [0.1, 0.15) is 35.0 Å². The number of carboxylic acids is 1. The monoisotopic (exact) mass is 690 g/mol. The Bertz CT molecular complexity index is 1830. The van der Waals surface area contributed by atoms with Crippen molar-refractivity contribution in [3.8, 4) is 16.9 Å². The smallest absolute Gasteiger partial charge is 0.411 e. The van der Waals surface area contributed by atoms with Gasteiger partial charge >= 0.3 is 12.1 Å².